The normalized spacial score (nSPS) is 15.5. The lowest BCUT2D eigenvalue weighted by Crippen LogP contribution is -2.36. The highest BCUT2D eigenvalue weighted by atomic mass is 35.5. The Labute approximate surface area is 106 Å². The van der Waals surface area contributed by atoms with Crippen molar-refractivity contribution in [2.45, 2.75) is 12.8 Å². The van der Waals surface area contributed by atoms with E-state index < -0.39 is 15.2 Å². The number of ether oxygens (including phenoxy) is 1. The zero-order valence-corrected chi connectivity index (χ0v) is 11.1. The van der Waals surface area contributed by atoms with Crippen molar-refractivity contribution in [3.05, 3.63) is 23.8 Å². The molecular formula is C11H14ClNO3S. The minimum absolute atomic E-state index is 0.390. The number of fused-ring (bicyclic) bond motifs is 1. The monoisotopic (exact) mass is 275 g/mol. The molecule has 0 saturated heterocycles. The number of hydrogen-bond donors (Lipinski definition) is 0. The first-order valence-corrected chi connectivity index (χ1v) is 7.46. The van der Waals surface area contributed by atoms with Crippen LogP contribution in [0, 0.1) is 0 Å². The Hall–Kier alpha value is -0.940. The van der Waals surface area contributed by atoms with Crippen LogP contribution in [-0.4, -0.2) is 27.3 Å². The maximum Gasteiger partial charge on any atom is 0.249 e. The van der Waals surface area contributed by atoms with Gasteiger partial charge in [0.15, 0.2) is 0 Å². The van der Waals surface area contributed by atoms with Crippen molar-refractivity contribution >= 4 is 27.3 Å². The Balaban J connectivity index is 2.45. The highest BCUT2D eigenvalue weighted by Crippen LogP contribution is 2.32. The van der Waals surface area contributed by atoms with E-state index in [1.165, 1.54) is 4.31 Å². The smallest absolute Gasteiger partial charge is 0.249 e. The third-order valence-corrected chi connectivity index (χ3v) is 4.99. The number of rotatable bonds is 3. The van der Waals surface area contributed by atoms with Gasteiger partial charge in [-0.1, -0.05) is 0 Å². The van der Waals surface area contributed by atoms with Gasteiger partial charge in [-0.05, 0) is 36.6 Å². The molecule has 0 bridgehead atoms. The summed E-state index contributed by atoms with van der Waals surface area (Å²) in [5, 5.41) is -0.390. The van der Waals surface area contributed by atoms with Gasteiger partial charge in [0, 0.05) is 6.54 Å². The summed E-state index contributed by atoms with van der Waals surface area (Å²) >= 11 is 5.50. The summed E-state index contributed by atoms with van der Waals surface area (Å²) in [5.41, 5.74) is 1.71. The predicted octanol–water partition coefficient (Wildman–Crippen LogP) is 1.97. The van der Waals surface area contributed by atoms with Crippen molar-refractivity contribution in [3.8, 4) is 5.75 Å². The van der Waals surface area contributed by atoms with Gasteiger partial charge in [0.2, 0.25) is 10.0 Å². The molecule has 1 aliphatic rings. The van der Waals surface area contributed by atoms with E-state index in [2.05, 4.69) is 0 Å². The van der Waals surface area contributed by atoms with Gasteiger partial charge in [-0.15, -0.1) is 11.6 Å². The van der Waals surface area contributed by atoms with Crippen LogP contribution in [0.4, 0.5) is 5.69 Å². The Morgan fingerprint density at radius 2 is 2.24 bits per heavy atom. The molecule has 94 valence electrons. The van der Waals surface area contributed by atoms with Crippen molar-refractivity contribution in [1.29, 1.82) is 0 Å². The molecule has 17 heavy (non-hydrogen) atoms. The van der Waals surface area contributed by atoms with Crippen molar-refractivity contribution in [1.82, 2.24) is 0 Å². The van der Waals surface area contributed by atoms with Crippen LogP contribution in [0.15, 0.2) is 18.2 Å². The van der Waals surface area contributed by atoms with Gasteiger partial charge in [0.25, 0.3) is 0 Å². The van der Waals surface area contributed by atoms with Crippen LogP contribution in [0.1, 0.15) is 12.0 Å². The molecule has 1 aromatic rings. The Bertz CT molecular complexity index is 515. The van der Waals surface area contributed by atoms with E-state index >= 15 is 0 Å². The number of aryl methyl sites for hydroxylation is 1. The summed E-state index contributed by atoms with van der Waals surface area (Å²) in [7, 11) is -1.80. The fraction of sp³-hybridized carbons (Fsp3) is 0.455. The molecule has 6 heteroatoms. The van der Waals surface area contributed by atoms with Crippen LogP contribution in [0.5, 0.6) is 5.75 Å². The van der Waals surface area contributed by atoms with E-state index in [0.29, 0.717) is 6.54 Å². The van der Waals surface area contributed by atoms with Crippen LogP contribution < -0.4 is 9.04 Å². The lowest BCUT2D eigenvalue weighted by Gasteiger charge is -2.29. The summed E-state index contributed by atoms with van der Waals surface area (Å²) in [6, 6.07) is 5.42. The van der Waals surface area contributed by atoms with Crippen molar-refractivity contribution in [2.24, 2.45) is 0 Å². The Morgan fingerprint density at radius 3 is 2.88 bits per heavy atom. The second kappa shape index (κ2) is 4.74. The molecule has 0 saturated carbocycles. The van der Waals surface area contributed by atoms with Gasteiger partial charge in [-0.25, -0.2) is 8.42 Å². The minimum atomic E-state index is -3.40. The first-order valence-electron chi connectivity index (χ1n) is 5.32. The predicted molar refractivity (Wildman–Crippen MR) is 68.3 cm³/mol. The average Bonchev–Trinajstić information content (AvgIpc) is 2.37. The zero-order valence-electron chi connectivity index (χ0n) is 9.52. The van der Waals surface area contributed by atoms with Gasteiger partial charge in [0.1, 0.15) is 11.0 Å². The van der Waals surface area contributed by atoms with Gasteiger partial charge >= 0.3 is 0 Å². The van der Waals surface area contributed by atoms with Crippen LogP contribution in [0.3, 0.4) is 0 Å². The number of nitrogens with zero attached hydrogens (tertiary/aromatic N) is 1. The van der Waals surface area contributed by atoms with Crippen LogP contribution in [0.25, 0.3) is 0 Å². The third-order valence-electron chi connectivity index (χ3n) is 2.84. The fourth-order valence-corrected chi connectivity index (χ4v) is 3.37. The summed E-state index contributed by atoms with van der Waals surface area (Å²) in [6.07, 6.45) is 1.66. The highest BCUT2D eigenvalue weighted by molar-refractivity contribution is 7.93. The number of hydrogen-bond acceptors (Lipinski definition) is 3. The first-order chi connectivity index (χ1) is 8.08. The third kappa shape index (κ3) is 2.35. The topological polar surface area (TPSA) is 46.6 Å². The summed E-state index contributed by atoms with van der Waals surface area (Å²) < 4.78 is 30.2. The number of methoxy groups -OCH3 is 1. The Kier molecular flexibility index (Phi) is 3.49. The van der Waals surface area contributed by atoms with Crippen LogP contribution in [0.2, 0.25) is 0 Å². The van der Waals surface area contributed by atoms with Crippen LogP contribution >= 0.6 is 11.6 Å². The Morgan fingerprint density at radius 1 is 1.47 bits per heavy atom. The molecule has 1 heterocycles. The van der Waals surface area contributed by atoms with E-state index in [4.69, 9.17) is 16.3 Å². The maximum absolute atomic E-state index is 11.8. The first kappa shape index (κ1) is 12.5. The van der Waals surface area contributed by atoms with E-state index in [-0.39, 0.29) is 0 Å². The molecule has 0 aromatic heterocycles. The number of sulfonamides is 1. The molecule has 0 N–H and O–H groups in total. The van der Waals surface area contributed by atoms with Crippen molar-refractivity contribution < 1.29 is 13.2 Å². The summed E-state index contributed by atoms with van der Waals surface area (Å²) in [6.45, 7) is 0.494. The summed E-state index contributed by atoms with van der Waals surface area (Å²) in [5.74, 6) is 0.744. The van der Waals surface area contributed by atoms with Gasteiger partial charge in [0.05, 0.1) is 12.8 Å². The molecule has 1 aromatic carbocycles. The van der Waals surface area contributed by atoms with Gasteiger partial charge in [-0.3, -0.25) is 4.31 Å². The zero-order chi connectivity index (χ0) is 12.5. The molecule has 0 unspecified atom stereocenters. The van der Waals surface area contributed by atoms with E-state index in [1.54, 1.807) is 19.2 Å². The van der Waals surface area contributed by atoms with E-state index in [9.17, 15) is 8.42 Å². The number of alkyl halides is 1. The second-order valence-electron chi connectivity index (χ2n) is 3.89. The molecule has 0 atom stereocenters. The molecule has 2 rings (SSSR count). The largest absolute Gasteiger partial charge is 0.497 e. The van der Waals surface area contributed by atoms with Gasteiger partial charge in [-0.2, -0.15) is 0 Å². The lowest BCUT2D eigenvalue weighted by atomic mass is 10.0. The molecule has 0 fully saturated rings. The molecule has 0 radical (unpaired) electrons. The van der Waals surface area contributed by atoms with Gasteiger partial charge < -0.3 is 4.74 Å². The molecule has 0 spiro atoms. The standard InChI is InChI=1S/C11H14ClNO3S/c1-16-10-4-5-11-9(7-10)3-2-6-13(11)17(14,15)8-12/h4-5,7H,2-3,6,8H2,1H3. The van der Waals surface area contributed by atoms with E-state index in [0.717, 1.165) is 29.8 Å². The van der Waals surface area contributed by atoms with Crippen LogP contribution in [-0.2, 0) is 16.4 Å². The molecule has 0 aliphatic carbocycles. The molecule has 4 nitrogen and oxygen atoms in total. The molecule has 1 aliphatic heterocycles. The maximum atomic E-state index is 11.8. The van der Waals surface area contributed by atoms with Crippen molar-refractivity contribution in [3.63, 3.8) is 0 Å². The highest BCUT2D eigenvalue weighted by Gasteiger charge is 2.26. The quantitative estimate of drug-likeness (QED) is 0.793. The number of halogens is 1. The van der Waals surface area contributed by atoms with E-state index in [1.807, 2.05) is 6.07 Å². The minimum Gasteiger partial charge on any atom is -0.497 e. The number of anilines is 1. The summed E-state index contributed by atoms with van der Waals surface area (Å²) in [4.78, 5) is 0. The fourth-order valence-electron chi connectivity index (χ4n) is 2.01. The average molecular weight is 276 g/mol. The lowest BCUT2D eigenvalue weighted by molar-refractivity contribution is 0.414. The molecule has 0 amide bonds. The molecular weight excluding hydrogens is 262 g/mol. The van der Waals surface area contributed by atoms with Crippen molar-refractivity contribution in [2.75, 3.05) is 23.2 Å². The number of benzene rings is 1. The second-order valence-corrected chi connectivity index (χ2v) is 6.37. The SMILES string of the molecule is COc1ccc2c(c1)CCCN2S(=O)(=O)CCl.